The highest BCUT2D eigenvalue weighted by Gasteiger charge is 2.22. The van der Waals surface area contributed by atoms with Crippen LogP contribution in [0.4, 0.5) is 0 Å². The van der Waals surface area contributed by atoms with Crippen molar-refractivity contribution in [2.45, 2.75) is 0 Å². The quantitative estimate of drug-likeness (QED) is 0.216. The van der Waals surface area contributed by atoms with E-state index < -0.39 is 0 Å². The second kappa shape index (κ2) is 8.72. The molecule has 0 aliphatic carbocycles. The summed E-state index contributed by atoms with van der Waals surface area (Å²) in [5.74, 6) is 1.77. The average Bonchev–Trinajstić information content (AvgIpc) is 3.14. The monoisotopic (exact) mass is 496 g/mol. The molecular weight excluding hydrogens is 472 g/mol. The molecule has 7 aromatic rings. The minimum Gasteiger partial charge on any atom is -0.456 e. The van der Waals surface area contributed by atoms with Crippen LogP contribution in [-0.2, 0) is 0 Å². The fourth-order valence-corrected chi connectivity index (χ4v) is 6.19. The van der Waals surface area contributed by atoms with Gasteiger partial charge in [-0.05, 0) is 73.1 Å². The highest BCUT2D eigenvalue weighted by Crippen LogP contribution is 2.49. The maximum Gasteiger partial charge on any atom is 0.135 e. The first-order valence-corrected chi connectivity index (χ1v) is 13.4. The van der Waals surface area contributed by atoms with Crippen molar-refractivity contribution in [3.05, 3.63) is 146 Å². The number of benzene rings is 7. The summed E-state index contributed by atoms with van der Waals surface area (Å²) in [5.41, 5.74) is 9.57. The molecule has 0 spiro atoms. The average molecular weight is 497 g/mol. The van der Waals surface area contributed by atoms with E-state index in [1.54, 1.807) is 0 Å². The van der Waals surface area contributed by atoms with Crippen molar-refractivity contribution < 1.29 is 4.74 Å². The van der Waals surface area contributed by atoms with Gasteiger partial charge in [-0.15, -0.1) is 0 Å². The van der Waals surface area contributed by atoms with Gasteiger partial charge in [0.05, 0.1) is 0 Å². The van der Waals surface area contributed by atoms with Gasteiger partial charge < -0.3 is 4.74 Å². The van der Waals surface area contributed by atoms with Crippen molar-refractivity contribution >= 4 is 21.5 Å². The zero-order valence-electron chi connectivity index (χ0n) is 21.3. The zero-order valence-corrected chi connectivity index (χ0v) is 21.3. The fourth-order valence-electron chi connectivity index (χ4n) is 6.19. The van der Waals surface area contributed by atoms with Crippen LogP contribution >= 0.6 is 0 Å². The van der Waals surface area contributed by atoms with Crippen LogP contribution in [-0.4, -0.2) is 0 Å². The highest BCUT2D eigenvalue weighted by atomic mass is 16.5. The summed E-state index contributed by atoms with van der Waals surface area (Å²) in [6, 6.07) is 51.9. The number of para-hydroxylation sites is 1. The van der Waals surface area contributed by atoms with Crippen LogP contribution in [0.15, 0.2) is 146 Å². The molecule has 1 heterocycles. The second-order valence-electron chi connectivity index (χ2n) is 10.1. The number of hydrogen-bond acceptors (Lipinski definition) is 1. The van der Waals surface area contributed by atoms with Crippen molar-refractivity contribution in [3.63, 3.8) is 0 Å². The lowest BCUT2D eigenvalue weighted by Gasteiger charge is -2.19. The Morgan fingerprint density at radius 3 is 1.41 bits per heavy atom. The molecule has 0 unspecified atom stereocenters. The molecule has 1 nitrogen and oxygen atoms in total. The number of fused-ring (bicyclic) bond motifs is 7. The minimum atomic E-state index is 0.880. The van der Waals surface area contributed by atoms with Crippen molar-refractivity contribution in [3.8, 4) is 56.0 Å². The van der Waals surface area contributed by atoms with Gasteiger partial charge >= 0.3 is 0 Å². The summed E-state index contributed by atoms with van der Waals surface area (Å²) in [4.78, 5) is 0. The Morgan fingerprint density at radius 2 is 0.769 bits per heavy atom. The Balaban J connectivity index is 1.45. The molecule has 1 heteroatoms. The number of ether oxygens (including phenoxy) is 1. The van der Waals surface area contributed by atoms with Gasteiger partial charge in [0, 0.05) is 11.1 Å². The van der Waals surface area contributed by atoms with E-state index in [0.29, 0.717) is 0 Å². The Bertz CT molecular complexity index is 1980. The van der Waals surface area contributed by atoms with Crippen LogP contribution in [0.5, 0.6) is 11.5 Å². The molecule has 0 atom stereocenters. The van der Waals surface area contributed by atoms with Gasteiger partial charge in [0.25, 0.3) is 0 Å². The van der Waals surface area contributed by atoms with Gasteiger partial charge in [-0.2, -0.15) is 0 Å². The maximum absolute atomic E-state index is 6.53. The summed E-state index contributed by atoms with van der Waals surface area (Å²) in [7, 11) is 0. The Kier molecular flexibility index (Phi) is 4.89. The zero-order chi connectivity index (χ0) is 25.8. The van der Waals surface area contributed by atoms with E-state index in [2.05, 4.69) is 140 Å². The summed E-state index contributed by atoms with van der Waals surface area (Å²) in [6.07, 6.45) is 0. The summed E-state index contributed by atoms with van der Waals surface area (Å²) in [5, 5.41) is 5.02. The Labute approximate surface area is 227 Å². The van der Waals surface area contributed by atoms with Crippen LogP contribution in [0.25, 0.3) is 66.1 Å². The number of hydrogen-bond donors (Lipinski definition) is 0. The van der Waals surface area contributed by atoms with Gasteiger partial charge in [-0.1, -0.05) is 127 Å². The summed E-state index contributed by atoms with van der Waals surface area (Å²) < 4.78 is 6.53. The topological polar surface area (TPSA) is 9.23 Å². The van der Waals surface area contributed by atoms with E-state index in [4.69, 9.17) is 4.74 Å². The third-order valence-electron chi connectivity index (χ3n) is 7.88. The molecule has 0 saturated carbocycles. The molecule has 0 fully saturated rings. The van der Waals surface area contributed by atoms with Crippen molar-refractivity contribution in [2.24, 2.45) is 0 Å². The Morgan fingerprint density at radius 1 is 0.308 bits per heavy atom. The summed E-state index contributed by atoms with van der Waals surface area (Å²) >= 11 is 0. The minimum absolute atomic E-state index is 0.880. The first-order valence-electron chi connectivity index (χ1n) is 13.4. The smallest absolute Gasteiger partial charge is 0.135 e. The first-order chi connectivity index (χ1) is 19.4. The van der Waals surface area contributed by atoms with E-state index in [0.717, 1.165) is 22.6 Å². The predicted octanol–water partition coefficient (Wildman–Crippen LogP) is 10.8. The van der Waals surface area contributed by atoms with Gasteiger partial charge in [-0.3, -0.25) is 0 Å². The van der Waals surface area contributed by atoms with Crippen LogP contribution in [0.1, 0.15) is 0 Å². The second-order valence-corrected chi connectivity index (χ2v) is 10.1. The SMILES string of the molecule is c1ccc(-c2c3ccccc3c(-c3ccc4c(c3)-c3ccccc3-c3ccccc3O4)c3ccccc23)cc1. The molecule has 0 amide bonds. The van der Waals surface area contributed by atoms with Crippen LogP contribution in [0.2, 0.25) is 0 Å². The molecule has 8 rings (SSSR count). The third-order valence-corrected chi connectivity index (χ3v) is 7.88. The van der Waals surface area contributed by atoms with Crippen molar-refractivity contribution in [2.75, 3.05) is 0 Å². The van der Waals surface area contributed by atoms with Gasteiger partial charge in [0.15, 0.2) is 0 Å². The first kappa shape index (κ1) is 21.9. The van der Waals surface area contributed by atoms with Crippen molar-refractivity contribution in [1.82, 2.24) is 0 Å². The van der Waals surface area contributed by atoms with Crippen LogP contribution in [0, 0.1) is 0 Å². The summed E-state index contributed by atoms with van der Waals surface area (Å²) in [6.45, 7) is 0. The maximum atomic E-state index is 6.53. The molecule has 182 valence electrons. The highest BCUT2D eigenvalue weighted by molar-refractivity contribution is 6.21. The lowest BCUT2D eigenvalue weighted by Crippen LogP contribution is -1.92. The predicted molar refractivity (Wildman–Crippen MR) is 163 cm³/mol. The van der Waals surface area contributed by atoms with Crippen LogP contribution in [0.3, 0.4) is 0 Å². The van der Waals surface area contributed by atoms with E-state index in [1.807, 2.05) is 6.07 Å². The fraction of sp³-hybridized carbons (Fsp3) is 0. The molecule has 7 aromatic carbocycles. The molecule has 0 N–H and O–H groups in total. The molecule has 0 bridgehead atoms. The molecule has 1 aliphatic heterocycles. The van der Waals surface area contributed by atoms with E-state index in [9.17, 15) is 0 Å². The van der Waals surface area contributed by atoms with Gasteiger partial charge in [0.2, 0.25) is 0 Å². The molecular formula is C38H24O. The molecule has 0 aromatic heterocycles. The lowest BCUT2D eigenvalue weighted by molar-refractivity contribution is 0.488. The van der Waals surface area contributed by atoms with Gasteiger partial charge in [-0.25, -0.2) is 0 Å². The van der Waals surface area contributed by atoms with E-state index in [1.165, 1.54) is 54.9 Å². The standard InChI is InChI=1S/C38H24O/c1-2-12-25(13-3-1)37-30-17-6-8-19-32(30)38(33-20-9-7-18-31(33)37)26-22-23-36-34(24-26)28-15-5-4-14-27(28)29-16-10-11-21-35(29)39-36/h1-24H. The Hall–Kier alpha value is -5.14. The normalized spacial score (nSPS) is 11.8. The lowest BCUT2D eigenvalue weighted by atomic mass is 9.85. The molecule has 39 heavy (non-hydrogen) atoms. The number of rotatable bonds is 2. The van der Waals surface area contributed by atoms with E-state index in [-0.39, 0.29) is 0 Å². The van der Waals surface area contributed by atoms with Crippen LogP contribution < -0.4 is 4.74 Å². The third kappa shape index (κ3) is 3.41. The van der Waals surface area contributed by atoms with Gasteiger partial charge in [0.1, 0.15) is 11.5 Å². The molecule has 0 saturated heterocycles. The largest absolute Gasteiger partial charge is 0.456 e. The van der Waals surface area contributed by atoms with Crippen molar-refractivity contribution in [1.29, 1.82) is 0 Å². The molecule has 0 radical (unpaired) electrons. The van der Waals surface area contributed by atoms with E-state index >= 15 is 0 Å². The molecule has 1 aliphatic rings.